The van der Waals surface area contributed by atoms with Crippen molar-refractivity contribution in [3.63, 3.8) is 0 Å². The topological polar surface area (TPSA) is 108 Å². The number of hydrogen-bond acceptors (Lipinski definition) is 6. The molecule has 2 aromatic heterocycles. The van der Waals surface area contributed by atoms with Gasteiger partial charge in [-0.2, -0.15) is 9.97 Å². The van der Waals surface area contributed by atoms with E-state index in [9.17, 15) is 4.79 Å². The highest BCUT2D eigenvalue weighted by molar-refractivity contribution is 5.82. The predicted octanol–water partition coefficient (Wildman–Crippen LogP) is 4.99. The van der Waals surface area contributed by atoms with Gasteiger partial charge in [0.1, 0.15) is 17.0 Å². The van der Waals surface area contributed by atoms with Gasteiger partial charge in [-0.3, -0.25) is 4.57 Å². The van der Waals surface area contributed by atoms with Gasteiger partial charge in [0.15, 0.2) is 11.5 Å². The zero-order chi connectivity index (χ0) is 24.5. The van der Waals surface area contributed by atoms with Gasteiger partial charge in [-0.25, -0.2) is 4.79 Å². The second kappa shape index (κ2) is 9.68. The summed E-state index contributed by atoms with van der Waals surface area (Å²) in [5.41, 5.74) is 10.1. The van der Waals surface area contributed by atoms with E-state index in [0.717, 1.165) is 60.6 Å². The number of nitrogens with zero attached hydrogens (tertiary/aromatic N) is 3. The summed E-state index contributed by atoms with van der Waals surface area (Å²) >= 11 is 0. The average molecular weight is 486 g/mol. The van der Waals surface area contributed by atoms with E-state index in [0.29, 0.717) is 24.3 Å². The van der Waals surface area contributed by atoms with Gasteiger partial charge in [-0.05, 0) is 79.3 Å². The Labute approximate surface area is 209 Å². The minimum atomic E-state index is -0.278. The Morgan fingerprint density at radius 1 is 1.11 bits per heavy atom. The number of aromatic nitrogens is 4. The molecule has 1 aliphatic heterocycles. The molecule has 0 amide bonds. The van der Waals surface area contributed by atoms with E-state index < -0.39 is 0 Å². The number of aromatic amines is 1. The van der Waals surface area contributed by atoms with Crippen LogP contribution in [0.2, 0.25) is 0 Å². The van der Waals surface area contributed by atoms with Gasteiger partial charge in [0.05, 0.1) is 13.2 Å². The number of nitrogens with one attached hydrogen (secondary N) is 1. The largest absolute Gasteiger partial charge is 0.463 e. The Morgan fingerprint density at radius 2 is 2.03 bits per heavy atom. The van der Waals surface area contributed by atoms with Crippen molar-refractivity contribution in [1.82, 2.24) is 19.5 Å². The molecule has 2 aliphatic rings. The number of anilines is 1. The number of aryl methyl sites for hydroxylation is 2. The minimum Gasteiger partial charge on any atom is -0.463 e. The Balaban J connectivity index is 1.31. The van der Waals surface area contributed by atoms with E-state index >= 15 is 0 Å². The molecule has 0 radical (unpaired) electrons. The maximum absolute atomic E-state index is 12.7. The molecular formula is C28H31N5O3. The fraction of sp³-hybridized carbons (Fsp3) is 0.393. The summed E-state index contributed by atoms with van der Waals surface area (Å²) in [6.45, 7) is 0.856. The third-order valence-corrected chi connectivity index (χ3v) is 7.08. The Morgan fingerprint density at radius 3 is 2.92 bits per heavy atom. The third kappa shape index (κ3) is 4.94. The summed E-state index contributed by atoms with van der Waals surface area (Å²) < 4.78 is 13.7. The number of imidazole rings is 1. The molecule has 3 heterocycles. The zero-order valence-electron chi connectivity index (χ0n) is 20.3. The number of nitrogens with two attached hydrogens (primary N) is 1. The van der Waals surface area contributed by atoms with Crippen LogP contribution in [0.1, 0.15) is 55.2 Å². The molecule has 186 valence electrons. The van der Waals surface area contributed by atoms with Crippen LogP contribution in [0.25, 0.3) is 11.2 Å². The van der Waals surface area contributed by atoms with Gasteiger partial charge in [0.2, 0.25) is 0 Å². The molecule has 0 spiro atoms. The molecule has 36 heavy (non-hydrogen) atoms. The lowest BCUT2D eigenvalue weighted by molar-refractivity contribution is 0.283. The van der Waals surface area contributed by atoms with Crippen LogP contribution in [0, 0.1) is 5.92 Å². The van der Waals surface area contributed by atoms with Crippen LogP contribution in [0.15, 0.2) is 47.3 Å². The molecule has 1 saturated carbocycles. The first-order valence-corrected chi connectivity index (χ1v) is 12.9. The summed E-state index contributed by atoms with van der Waals surface area (Å²) in [4.78, 5) is 24.2. The SMILES string of the molecule is Nc1nc2nc3c1[nH]c(=O)n3Cc1ccc(Oc3cccc(CCC4CC4)c3)c(c1)CCCCCO2. The molecule has 0 atom stereocenters. The summed E-state index contributed by atoms with van der Waals surface area (Å²) in [6.07, 6.45) is 8.89. The second-order valence-corrected chi connectivity index (χ2v) is 9.94. The van der Waals surface area contributed by atoms with Gasteiger partial charge < -0.3 is 20.2 Å². The first-order chi connectivity index (χ1) is 17.6. The van der Waals surface area contributed by atoms with Gasteiger partial charge in [0, 0.05) is 0 Å². The first kappa shape index (κ1) is 22.6. The Kier molecular flexibility index (Phi) is 6.09. The van der Waals surface area contributed by atoms with E-state index in [2.05, 4.69) is 39.2 Å². The van der Waals surface area contributed by atoms with Crippen molar-refractivity contribution in [2.75, 3.05) is 12.3 Å². The monoisotopic (exact) mass is 485 g/mol. The van der Waals surface area contributed by atoms with E-state index in [1.807, 2.05) is 18.2 Å². The van der Waals surface area contributed by atoms with Crippen molar-refractivity contribution in [3.8, 4) is 17.5 Å². The molecule has 0 unspecified atom stereocenters. The van der Waals surface area contributed by atoms with Crippen LogP contribution in [0.4, 0.5) is 5.82 Å². The lowest BCUT2D eigenvalue weighted by Gasteiger charge is -2.15. The van der Waals surface area contributed by atoms with E-state index in [1.165, 1.54) is 24.8 Å². The average Bonchev–Trinajstić information content (AvgIpc) is 3.65. The zero-order valence-corrected chi connectivity index (χ0v) is 20.3. The summed E-state index contributed by atoms with van der Waals surface area (Å²) in [5.74, 6) is 2.86. The number of hydrogen-bond donors (Lipinski definition) is 2. The highest BCUT2D eigenvalue weighted by atomic mass is 16.5. The number of fused-ring (bicyclic) bond motifs is 3. The van der Waals surface area contributed by atoms with Gasteiger partial charge in [-0.15, -0.1) is 0 Å². The number of rotatable bonds is 5. The Bertz CT molecular complexity index is 1450. The molecule has 8 nitrogen and oxygen atoms in total. The van der Waals surface area contributed by atoms with Crippen molar-refractivity contribution in [3.05, 3.63) is 69.6 Å². The summed E-state index contributed by atoms with van der Waals surface area (Å²) in [6, 6.07) is 14.8. The molecule has 4 bridgehead atoms. The number of H-pyrrole nitrogens is 1. The first-order valence-electron chi connectivity index (χ1n) is 12.9. The standard InChI is InChI=1S/C28H31N5O3/c29-25-24-26-32-27(31-25)35-14-3-1-2-6-21-15-20(17-33(26)28(34)30-24)12-13-23(21)36-22-7-4-5-19(16-22)11-10-18-8-9-18/h4-5,7,12-13,15-16,18H,1-3,6,8-11,14,17H2,(H,30,34)(H2,29,31,32). The van der Waals surface area contributed by atoms with Crippen LogP contribution in [0.5, 0.6) is 17.5 Å². The predicted molar refractivity (Wildman–Crippen MR) is 139 cm³/mol. The van der Waals surface area contributed by atoms with E-state index in [4.69, 9.17) is 15.2 Å². The van der Waals surface area contributed by atoms with Crippen LogP contribution < -0.4 is 20.9 Å². The van der Waals surface area contributed by atoms with Crippen LogP contribution in [-0.2, 0) is 19.4 Å². The maximum Gasteiger partial charge on any atom is 0.328 e. The van der Waals surface area contributed by atoms with E-state index in [1.54, 1.807) is 4.57 Å². The summed E-state index contributed by atoms with van der Waals surface area (Å²) in [7, 11) is 0. The minimum absolute atomic E-state index is 0.202. The number of nitrogen functional groups attached to an aromatic ring is 1. The molecule has 2 aromatic carbocycles. The maximum atomic E-state index is 12.7. The molecule has 3 N–H and O–H groups in total. The second-order valence-electron chi connectivity index (χ2n) is 9.94. The van der Waals surface area contributed by atoms with Crippen LogP contribution >= 0.6 is 0 Å². The molecule has 1 aliphatic carbocycles. The molecule has 0 saturated heterocycles. The molecule has 1 fully saturated rings. The fourth-order valence-corrected chi connectivity index (χ4v) is 4.88. The molecular weight excluding hydrogens is 454 g/mol. The number of benzene rings is 2. The third-order valence-electron chi connectivity index (χ3n) is 7.08. The molecule has 6 rings (SSSR count). The number of ether oxygens (including phenoxy) is 2. The lowest BCUT2D eigenvalue weighted by atomic mass is 10.0. The highest BCUT2D eigenvalue weighted by Gasteiger charge is 2.20. The van der Waals surface area contributed by atoms with Crippen LogP contribution in [0.3, 0.4) is 0 Å². The molecule has 8 heteroatoms. The van der Waals surface area contributed by atoms with Gasteiger partial charge in [-0.1, -0.05) is 37.1 Å². The normalized spacial score (nSPS) is 16.0. The van der Waals surface area contributed by atoms with Crippen molar-refractivity contribution >= 4 is 17.0 Å². The van der Waals surface area contributed by atoms with Crippen molar-refractivity contribution in [2.24, 2.45) is 5.92 Å². The van der Waals surface area contributed by atoms with Crippen molar-refractivity contribution in [2.45, 2.75) is 57.9 Å². The summed E-state index contributed by atoms with van der Waals surface area (Å²) in [5, 5.41) is 0. The quantitative estimate of drug-likeness (QED) is 0.412. The Hall–Kier alpha value is -3.81. The van der Waals surface area contributed by atoms with Gasteiger partial charge >= 0.3 is 11.7 Å². The van der Waals surface area contributed by atoms with Crippen molar-refractivity contribution < 1.29 is 9.47 Å². The van der Waals surface area contributed by atoms with Crippen LogP contribution in [-0.4, -0.2) is 26.1 Å². The highest BCUT2D eigenvalue weighted by Crippen LogP contribution is 2.34. The smallest absolute Gasteiger partial charge is 0.328 e. The van der Waals surface area contributed by atoms with E-state index in [-0.39, 0.29) is 17.5 Å². The lowest BCUT2D eigenvalue weighted by Crippen LogP contribution is -2.18. The fourth-order valence-electron chi connectivity index (χ4n) is 4.88. The van der Waals surface area contributed by atoms with Gasteiger partial charge in [0.25, 0.3) is 0 Å². The van der Waals surface area contributed by atoms with Crippen molar-refractivity contribution in [1.29, 1.82) is 0 Å². The molecule has 4 aromatic rings.